The maximum absolute atomic E-state index is 2.44. The molecule has 0 bridgehead atoms. The fourth-order valence-corrected chi connectivity index (χ4v) is 10.1. The Morgan fingerprint density at radius 2 is 0.841 bits per heavy atom. The number of hydrogen-bond acceptors (Lipinski definition) is 1. The molecule has 0 saturated heterocycles. The largest absolute Gasteiger partial charge is 0.310 e. The lowest BCUT2D eigenvalue weighted by atomic mass is 9.82. The van der Waals surface area contributed by atoms with Crippen LogP contribution in [-0.4, -0.2) is 4.57 Å². The van der Waals surface area contributed by atoms with Crippen LogP contribution in [0.25, 0.3) is 82.8 Å². The number of anilines is 3. The number of fused-ring (bicyclic) bond motifs is 7. The van der Waals surface area contributed by atoms with Crippen molar-refractivity contribution < 1.29 is 0 Å². The third-order valence-electron chi connectivity index (χ3n) is 13.4. The van der Waals surface area contributed by atoms with Crippen molar-refractivity contribution in [3.05, 3.63) is 242 Å². The van der Waals surface area contributed by atoms with Crippen LogP contribution < -0.4 is 4.90 Å². The van der Waals surface area contributed by atoms with Crippen molar-refractivity contribution in [1.82, 2.24) is 4.57 Å². The van der Waals surface area contributed by atoms with Gasteiger partial charge in [0, 0.05) is 38.9 Å². The zero-order valence-corrected chi connectivity index (χ0v) is 35.3. The second-order valence-corrected chi connectivity index (χ2v) is 17.4. The van der Waals surface area contributed by atoms with Gasteiger partial charge in [-0.15, -0.1) is 0 Å². The minimum atomic E-state index is -0.235. The van der Waals surface area contributed by atoms with E-state index in [0.29, 0.717) is 0 Å². The van der Waals surface area contributed by atoms with E-state index < -0.39 is 0 Å². The first-order valence-electron chi connectivity index (χ1n) is 21.9. The number of hydrogen-bond donors (Lipinski definition) is 0. The molecule has 0 N–H and O–H groups in total. The van der Waals surface area contributed by atoms with E-state index in [1.807, 2.05) is 0 Å². The number of rotatable bonds is 7. The van der Waals surface area contributed by atoms with Crippen LogP contribution in [0.1, 0.15) is 25.0 Å². The molecule has 298 valence electrons. The first-order chi connectivity index (χ1) is 31.0. The molecule has 2 nitrogen and oxygen atoms in total. The normalized spacial score (nSPS) is 12.7. The van der Waals surface area contributed by atoms with E-state index in [4.69, 9.17) is 0 Å². The smallest absolute Gasteiger partial charge is 0.0541 e. The Labute approximate surface area is 368 Å². The molecule has 0 fully saturated rings. The molecule has 1 aromatic heterocycles. The molecule has 12 rings (SSSR count). The Morgan fingerprint density at radius 3 is 1.59 bits per heavy atom. The molecule has 63 heavy (non-hydrogen) atoms. The first kappa shape index (κ1) is 36.9. The van der Waals surface area contributed by atoms with Crippen molar-refractivity contribution in [3.8, 4) is 50.2 Å². The predicted molar refractivity (Wildman–Crippen MR) is 267 cm³/mol. The Hall–Kier alpha value is -7.94. The van der Waals surface area contributed by atoms with Gasteiger partial charge in [-0.05, 0) is 139 Å². The van der Waals surface area contributed by atoms with Gasteiger partial charge in [0.1, 0.15) is 0 Å². The van der Waals surface area contributed by atoms with E-state index in [2.05, 4.69) is 254 Å². The Bertz CT molecular complexity index is 3480. The van der Waals surface area contributed by atoms with Crippen molar-refractivity contribution >= 4 is 49.6 Å². The second-order valence-electron chi connectivity index (χ2n) is 17.4. The Balaban J connectivity index is 0.969. The zero-order chi connectivity index (χ0) is 42.1. The highest BCUT2D eigenvalue weighted by Gasteiger charge is 2.36. The average Bonchev–Trinajstić information content (AvgIpc) is 3.80. The molecule has 0 radical (unpaired) electrons. The zero-order valence-electron chi connectivity index (χ0n) is 35.3. The van der Waals surface area contributed by atoms with Crippen LogP contribution in [0.2, 0.25) is 0 Å². The molecular weight excluding hydrogens is 761 g/mol. The fourth-order valence-electron chi connectivity index (χ4n) is 10.1. The lowest BCUT2D eigenvalue weighted by Gasteiger charge is -2.28. The quantitative estimate of drug-likeness (QED) is 0.156. The van der Waals surface area contributed by atoms with Crippen LogP contribution in [0.15, 0.2) is 231 Å². The van der Waals surface area contributed by atoms with Gasteiger partial charge in [0.15, 0.2) is 0 Å². The third kappa shape index (κ3) is 6.17. The summed E-state index contributed by atoms with van der Waals surface area (Å²) >= 11 is 0. The SMILES string of the molecule is CC1(C)c2cc(N(c3ccc(-c4ccc5ccccc5c4)cc3)c3cccc(-c4cccc(-c5ccccc5)c4)c3)ccc2-c2ccc(-n3c4ccccc4c4ccccc43)cc21. The number of nitrogens with zero attached hydrogens (tertiary/aromatic N) is 2. The van der Waals surface area contributed by atoms with E-state index >= 15 is 0 Å². The minimum absolute atomic E-state index is 0.235. The summed E-state index contributed by atoms with van der Waals surface area (Å²) in [6.07, 6.45) is 0. The molecule has 2 heteroatoms. The van der Waals surface area contributed by atoms with Crippen LogP contribution in [0.3, 0.4) is 0 Å². The lowest BCUT2D eigenvalue weighted by molar-refractivity contribution is 0.660. The maximum atomic E-state index is 2.44. The van der Waals surface area contributed by atoms with Crippen molar-refractivity contribution in [2.24, 2.45) is 0 Å². The van der Waals surface area contributed by atoms with E-state index in [-0.39, 0.29) is 5.41 Å². The third-order valence-corrected chi connectivity index (χ3v) is 13.4. The van der Waals surface area contributed by atoms with Gasteiger partial charge in [-0.3, -0.25) is 0 Å². The summed E-state index contributed by atoms with van der Waals surface area (Å²) in [5.74, 6) is 0. The van der Waals surface area contributed by atoms with Gasteiger partial charge in [0.25, 0.3) is 0 Å². The highest BCUT2D eigenvalue weighted by atomic mass is 15.1. The van der Waals surface area contributed by atoms with Crippen LogP contribution in [-0.2, 0) is 5.41 Å². The van der Waals surface area contributed by atoms with Crippen molar-refractivity contribution in [2.45, 2.75) is 19.3 Å². The highest BCUT2D eigenvalue weighted by molar-refractivity contribution is 6.09. The summed E-state index contributed by atoms with van der Waals surface area (Å²) in [4.78, 5) is 2.43. The monoisotopic (exact) mass is 804 g/mol. The van der Waals surface area contributed by atoms with E-state index in [0.717, 1.165) is 17.1 Å². The standard InChI is InChI=1S/C61H44N2/c1-61(2)57-39-51(32-34-53(57)54-35-33-52(40-58(54)61)63-59-24-10-8-22-55(59)56-23-9-11-25-60(56)63)62(49-30-28-43(29-31-49)48-27-26-42-16-6-7-17-44(42)37-48)50-21-13-20-47(38-50)46-19-12-18-45(36-46)41-14-4-3-5-15-41/h3-40H,1-2H3. The van der Waals surface area contributed by atoms with E-state index in [1.54, 1.807) is 0 Å². The molecule has 11 aromatic rings. The summed E-state index contributed by atoms with van der Waals surface area (Å²) in [6, 6.07) is 84.7. The van der Waals surface area contributed by atoms with Crippen LogP contribution >= 0.6 is 0 Å². The van der Waals surface area contributed by atoms with Gasteiger partial charge in [-0.2, -0.15) is 0 Å². The summed E-state index contributed by atoms with van der Waals surface area (Å²) in [5, 5.41) is 5.05. The number of aromatic nitrogens is 1. The molecule has 1 aliphatic rings. The Kier molecular flexibility index (Phi) is 8.55. The van der Waals surface area contributed by atoms with Gasteiger partial charge in [-0.1, -0.05) is 172 Å². The van der Waals surface area contributed by atoms with Crippen molar-refractivity contribution in [2.75, 3.05) is 4.90 Å². The van der Waals surface area contributed by atoms with E-state index in [9.17, 15) is 0 Å². The lowest BCUT2D eigenvalue weighted by Crippen LogP contribution is -2.17. The summed E-state index contributed by atoms with van der Waals surface area (Å²) in [6.45, 7) is 4.78. The van der Waals surface area contributed by atoms with Gasteiger partial charge in [0.2, 0.25) is 0 Å². The summed E-state index contributed by atoms with van der Waals surface area (Å²) in [5.41, 5.74) is 19.2. The molecule has 0 amide bonds. The van der Waals surface area contributed by atoms with Crippen LogP contribution in [0, 0.1) is 0 Å². The van der Waals surface area contributed by atoms with Crippen LogP contribution in [0.5, 0.6) is 0 Å². The van der Waals surface area contributed by atoms with Gasteiger partial charge in [0.05, 0.1) is 11.0 Å². The number of para-hydroxylation sites is 2. The molecule has 0 aliphatic heterocycles. The van der Waals surface area contributed by atoms with Crippen molar-refractivity contribution in [1.29, 1.82) is 0 Å². The minimum Gasteiger partial charge on any atom is -0.310 e. The molecule has 0 unspecified atom stereocenters. The molecule has 0 saturated carbocycles. The Morgan fingerprint density at radius 1 is 0.333 bits per heavy atom. The number of benzene rings is 10. The molecular formula is C61H44N2. The predicted octanol–water partition coefficient (Wildman–Crippen LogP) is 16.7. The second kappa shape index (κ2) is 14.6. The molecule has 0 atom stereocenters. The molecule has 1 heterocycles. The van der Waals surface area contributed by atoms with Gasteiger partial charge >= 0.3 is 0 Å². The van der Waals surface area contributed by atoms with E-state index in [1.165, 1.54) is 93.9 Å². The van der Waals surface area contributed by atoms with Crippen molar-refractivity contribution in [3.63, 3.8) is 0 Å². The first-order valence-corrected chi connectivity index (χ1v) is 21.9. The summed E-state index contributed by atoms with van der Waals surface area (Å²) in [7, 11) is 0. The molecule has 1 aliphatic carbocycles. The summed E-state index contributed by atoms with van der Waals surface area (Å²) < 4.78 is 2.43. The fraction of sp³-hybridized carbons (Fsp3) is 0.0492. The van der Waals surface area contributed by atoms with Gasteiger partial charge < -0.3 is 9.47 Å². The topological polar surface area (TPSA) is 8.17 Å². The highest BCUT2D eigenvalue weighted by Crippen LogP contribution is 2.52. The van der Waals surface area contributed by atoms with Crippen LogP contribution in [0.4, 0.5) is 17.1 Å². The molecule has 0 spiro atoms. The average molecular weight is 805 g/mol. The molecule has 10 aromatic carbocycles. The van der Waals surface area contributed by atoms with Gasteiger partial charge in [-0.25, -0.2) is 0 Å². The maximum Gasteiger partial charge on any atom is 0.0541 e.